The van der Waals surface area contributed by atoms with Gasteiger partial charge in [0.15, 0.2) is 0 Å². The minimum atomic E-state index is -4.79. The second-order valence-electron chi connectivity index (χ2n) is 8.05. The molecule has 1 saturated heterocycles. The zero-order valence-corrected chi connectivity index (χ0v) is 17.3. The number of likely N-dealkylation sites (tertiary alicyclic amines) is 1. The van der Waals surface area contributed by atoms with Gasteiger partial charge in [-0.15, -0.1) is 10.2 Å². The van der Waals surface area contributed by atoms with Gasteiger partial charge >= 0.3 is 12.4 Å². The Morgan fingerprint density at radius 1 is 1.15 bits per heavy atom. The summed E-state index contributed by atoms with van der Waals surface area (Å²) >= 11 is 0. The number of alkyl halides is 6. The Balaban J connectivity index is 1.76. The van der Waals surface area contributed by atoms with Gasteiger partial charge in [0.05, 0.1) is 35.8 Å². The molecule has 1 aromatic carbocycles. The molecule has 13 heteroatoms. The molecule has 3 heterocycles. The van der Waals surface area contributed by atoms with E-state index in [-0.39, 0.29) is 28.8 Å². The van der Waals surface area contributed by atoms with Crippen molar-refractivity contribution in [1.29, 1.82) is 0 Å². The molecule has 0 amide bonds. The predicted octanol–water partition coefficient (Wildman–Crippen LogP) is 3.39. The third-order valence-electron chi connectivity index (χ3n) is 5.53. The highest BCUT2D eigenvalue weighted by Gasteiger charge is 2.35. The van der Waals surface area contributed by atoms with Crippen molar-refractivity contribution in [1.82, 2.24) is 24.5 Å². The van der Waals surface area contributed by atoms with Gasteiger partial charge in [0.1, 0.15) is 12.0 Å². The lowest BCUT2D eigenvalue weighted by Gasteiger charge is -2.34. The summed E-state index contributed by atoms with van der Waals surface area (Å²) in [5.74, 6) is 0.204. The van der Waals surface area contributed by atoms with Gasteiger partial charge in [-0.3, -0.25) is 4.40 Å². The number of nitrogens with zero attached hydrogens (tertiary/aromatic N) is 5. The Labute approximate surface area is 184 Å². The van der Waals surface area contributed by atoms with E-state index in [1.807, 2.05) is 11.9 Å². The lowest BCUT2D eigenvalue weighted by atomic mass is 9.98. The largest absolute Gasteiger partial charge is 0.416 e. The number of likely N-dealkylation sites (N-methyl/N-ethyl adjacent to an activating group) is 1. The van der Waals surface area contributed by atoms with Crippen molar-refractivity contribution in [3.8, 4) is 11.3 Å². The number of aliphatic hydroxyl groups excluding tert-OH is 1. The van der Waals surface area contributed by atoms with Gasteiger partial charge in [-0.1, -0.05) is 6.07 Å². The molecule has 0 bridgehead atoms. The molecule has 1 aliphatic heterocycles. The zero-order chi connectivity index (χ0) is 24.0. The van der Waals surface area contributed by atoms with Crippen LogP contribution in [0.1, 0.15) is 17.5 Å². The average Bonchev–Trinajstić information content (AvgIpc) is 3.20. The molecule has 0 spiro atoms. The summed E-state index contributed by atoms with van der Waals surface area (Å²) in [5, 5.41) is 21.4. The molecule has 0 radical (unpaired) electrons. The van der Waals surface area contributed by atoms with Gasteiger partial charge in [0.25, 0.3) is 0 Å². The van der Waals surface area contributed by atoms with Gasteiger partial charge in [0.2, 0.25) is 5.95 Å². The maximum Gasteiger partial charge on any atom is 0.416 e. The molecular weight excluding hydrogens is 454 g/mol. The maximum absolute atomic E-state index is 13.1. The lowest BCUT2D eigenvalue weighted by molar-refractivity contribution is -0.138. The summed E-state index contributed by atoms with van der Waals surface area (Å²) in [5.41, 5.74) is -1.65. The van der Waals surface area contributed by atoms with Crippen LogP contribution in [0, 0.1) is 0 Å². The van der Waals surface area contributed by atoms with E-state index >= 15 is 0 Å². The van der Waals surface area contributed by atoms with Crippen LogP contribution in [0.4, 0.5) is 32.3 Å². The fourth-order valence-electron chi connectivity index (χ4n) is 3.90. The molecule has 7 nitrogen and oxygen atoms in total. The van der Waals surface area contributed by atoms with Crippen molar-refractivity contribution in [3.05, 3.63) is 41.9 Å². The molecule has 0 aliphatic carbocycles. The molecule has 2 atom stereocenters. The van der Waals surface area contributed by atoms with Crippen molar-refractivity contribution in [2.24, 2.45) is 0 Å². The van der Waals surface area contributed by atoms with Crippen molar-refractivity contribution in [2.75, 3.05) is 25.5 Å². The summed E-state index contributed by atoms with van der Waals surface area (Å²) in [4.78, 5) is 6.02. The van der Waals surface area contributed by atoms with Gasteiger partial charge < -0.3 is 15.3 Å². The number of imidazole rings is 1. The van der Waals surface area contributed by atoms with Gasteiger partial charge in [-0.2, -0.15) is 26.3 Å². The van der Waals surface area contributed by atoms with Crippen molar-refractivity contribution in [3.63, 3.8) is 0 Å². The first kappa shape index (κ1) is 23.2. The number of anilines is 1. The second-order valence-corrected chi connectivity index (χ2v) is 8.05. The number of hydrogen-bond donors (Lipinski definition) is 2. The van der Waals surface area contributed by atoms with E-state index in [1.165, 1.54) is 16.9 Å². The first-order chi connectivity index (χ1) is 15.4. The van der Waals surface area contributed by atoms with Crippen LogP contribution in [0.2, 0.25) is 0 Å². The zero-order valence-electron chi connectivity index (χ0n) is 17.3. The third kappa shape index (κ3) is 5.03. The van der Waals surface area contributed by atoms with E-state index in [9.17, 15) is 31.4 Å². The van der Waals surface area contributed by atoms with Gasteiger partial charge in [-0.05, 0) is 31.2 Å². The van der Waals surface area contributed by atoms with E-state index in [1.54, 1.807) is 0 Å². The van der Waals surface area contributed by atoms with E-state index in [2.05, 4.69) is 20.5 Å². The van der Waals surface area contributed by atoms with E-state index in [0.717, 1.165) is 12.6 Å². The van der Waals surface area contributed by atoms with Gasteiger partial charge in [-0.25, -0.2) is 4.98 Å². The number of hydrogen-bond acceptors (Lipinski definition) is 6. The quantitative estimate of drug-likeness (QED) is 0.565. The van der Waals surface area contributed by atoms with Crippen LogP contribution >= 0.6 is 0 Å². The Morgan fingerprint density at radius 3 is 2.61 bits per heavy atom. The minimum absolute atomic E-state index is 0.0349. The molecule has 1 aliphatic rings. The van der Waals surface area contributed by atoms with Crippen molar-refractivity contribution >= 4 is 11.5 Å². The van der Waals surface area contributed by atoms with Crippen LogP contribution in [-0.4, -0.2) is 68.0 Å². The molecule has 4 rings (SSSR count). The van der Waals surface area contributed by atoms with E-state index in [0.29, 0.717) is 25.1 Å². The number of nitrogens with one attached hydrogen (secondary N) is 1. The van der Waals surface area contributed by atoms with Crippen LogP contribution in [0.3, 0.4) is 0 Å². The molecule has 2 aromatic heterocycles. The standard InChI is InChI=1S/C20H20F6N6O/c1-31-5-4-16(33)14(9-31)28-18-30-29-17(15-8-27-10-32(15)18)13-3-2-12(20(24,25)26)6-11(13)7-19(21,22)23/h2-3,6,8,10,14,16,33H,4-5,7,9H2,1H3,(H,28,30)/t14-,16+/m0/s1. The van der Waals surface area contributed by atoms with Crippen LogP contribution in [0.15, 0.2) is 30.7 Å². The number of fused-ring (bicyclic) bond motifs is 1. The molecule has 2 N–H and O–H groups in total. The normalized spacial score (nSPS) is 20.4. The Kier molecular flexibility index (Phi) is 5.95. The topological polar surface area (TPSA) is 78.6 Å². The highest BCUT2D eigenvalue weighted by molar-refractivity contribution is 5.79. The first-order valence-corrected chi connectivity index (χ1v) is 10.0. The number of halogens is 6. The monoisotopic (exact) mass is 474 g/mol. The molecule has 33 heavy (non-hydrogen) atoms. The minimum Gasteiger partial charge on any atom is -0.391 e. The highest BCUT2D eigenvalue weighted by Crippen LogP contribution is 2.36. The number of piperidine rings is 1. The fourth-order valence-corrected chi connectivity index (χ4v) is 3.90. The number of aromatic nitrogens is 4. The highest BCUT2D eigenvalue weighted by atomic mass is 19.4. The van der Waals surface area contributed by atoms with E-state index < -0.39 is 36.0 Å². The third-order valence-corrected chi connectivity index (χ3v) is 5.53. The fraction of sp³-hybridized carbons (Fsp3) is 0.450. The first-order valence-electron chi connectivity index (χ1n) is 10.0. The van der Waals surface area contributed by atoms with Gasteiger partial charge in [0, 0.05) is 18.7 Å². The Morgan fingerprint density at radius 2 is 1.91 bits per heavy atom. The van der Waals surface area contributed by atoms with Crippen LogP contribution in [0.25, 0.3) is 16.8 Å². The maximum atomic E-state index is 13.1. The summed E-state index contributed by atoms with van der Waals surface area (Å²) in [6, 6.07) is 1.79. The SMILES string of the molecule is CN1CC[C@@H](O)[C@@H](Nc2nnc(-c3ccc(C(F)(F)F)cc3CC(F)(F)F)c3cncn23)C1. The molecular formula is C20H20F6N6O. The Hall–Kier alpha value is -2.93. The molecule has 1 fully saturated rings. The lowest BCUT2D eigenvalue weighted by Crippen LogP contribution is -2.49. The predicted molar refractivity (Wildman–Crippen MR) is 107 cm³/mol. The summed E-state index contributed by atoms with van der Waals surface area (Å²) < 4.78 is 80.2. The molecule has 3 aromatic rings. The molecule has 178 valence electrons. The Bertz CT molecular complexity index is 1140. The van der Waals surface area contributed by atoms with Crippen LogP contribution in [0.5, 0.6) is 0 Å². The van der Waals surface area contributed by atoms with Crippen molar-refractivity contribution in [2.45, 2.75) is 37.3 Å². The number of aliphatic hydroxyl groups is 1. The van der Waals surface area contributed by atoms with Crippen LogP contribution in [-0.2, 0) is 12.6 Å². The number of benzene rings is 1. The summed E-state index contributed by atoms with van der Waals surface area (Å²) in [6.45, 7) is 1.25. The van der Waals surface area contributed by atoms with E-state index in [4.69, 9.17) is 0 Å². The second kappa shape index (κ2) is 8.45. The smallest absolute Gasteiger partial charge is 0.391 e. The number of rotatable bonds is 4. The summed E-state index contributed by atoms with van der Waals surface area (Å²) in [6.07, 6.45) is -8.48. The molecule has 0 saturated carbocycles. The molecule has 0 unspecified atom stereocenters. The van der Waals surface area contributed by atoms with Crippen LogP contribution < -0.4 is 5.32 Å². The van der Waals surface area contributed by atoms with Crippen molar-refractivity contribution < 1.29 is 31.4 Å². The summed E-state index contributed by atoms with van der Waals surface area (Å²) in [7, 11) is 1.90. The average molecular weight is 474 g/mol.